The molecule has 0 spiro atoms. The van der Waals surface area contributed by atoms with Crippen molar-refractivity contribution in [1.29, 1.82) is 0 Å². The Morgan fingerprint density at radius 1 is 1.00 bits per heavy atom. The van der Waals surface area contributed by atoms with Crippen molar-refractivity contribution < 1.29 is 0 Å². The summed E-state index contributed by atoms with van der Waals surface area (Å²) in [4.78, 5) is 0. The highest BCUT2D eigenvalue weighted by atomic mass is 14.0. The zero-order valence-electron chi connectivity index (χ0n) is 9.03. The van der Waals surface area contributed by atoms with Gasteiger partial charge < -0.3 is 0 Å². The average molecular weight is 168 g/mol. The molecule has 0 bridgehead atoms. The number of unbranched alkanes of at least 4 members (excludes halogenated alkanes) is 3. The van der Waals surface area contributed by atoms with E-state index in [-0.39, 0.29) is 0 Å². The lowest BCUT2D eigenvalue weighted by atomic mass is 10.0. The molecule has 0 heterocycles. The molecule has 0 radical (unpaired) electrons. The number of hydrogen-bond acceptors (Lipinski definition) is 0. The minimum absolute atomic E-state index is 1.25. The van der Waals surface area contributed by atoms with E-state index in [0.29, 0.717) is 0 Å². The van der Waals surface area contributed by atoms with Gasteiger partial charge in [0.1, 0.15) is 0 Å². The van der Waals surface area contributed by atoms with Crippen LogP contribution in [0.1, 0.15) is 65.7 Å². The highest BCUT2D eigenvalue weighted by Gasteiger charge is 1.93. The Labute approximate surface area is 78.1 Å². The normalized spacial score (nSPS) is 12.1. The predicted molar refractivity (Wildman–Crippen MR) is 57.4 cm³/mol. The summed E-state index contributed by atoms with van der Waals surface area (Å²) in [6.07, 6.45) is 11.7. The van der Waals surface area contributed by atoms with Crippen LogP contribution in [0.5, 0.6) is 0 Å². The number of allylic oxidation sites excluding steroid dienone is 2. The van der Waals surface area contributed by atoms with Gasteiger partial charge in [-0.2, -0.15) is 0 Å². The summed E-state index contributed by atoms with van der Waals surface area (Å²) in [5, 5.41) is 0. The average Bonchev–Trinajstić information content (AvgIpc) is 2.11. The smallest absolute Gasteiger partial charge is 0.0320 e. The third-order valence-electron chi connectivity index (χ3n) is 2.28. The molecular formula is C12H24. The minimum atomic E-state index is 1.25. The molecule has 0 nitrogen and oxygen atoms in total. The molecule has 0 saturated heterocycles. The lowest BCUT2D eigenvalue weighted by molar-refractivity contribution is 0.698. The van der Waals surface area contributed by atoms with Gasteiger partial charge in [-0.05, 0) is 25.7 Å². The van der Waals surface area contributed by atoms with E-state index in [9.17, 15) is 0 Å². The van der Waals surface area contributed by atoms with Crippen molar-refractivity contribution in [2.75, 3.05) is 0 Å². The summed E-state index contributed by atoms with van der Waals surface area (Å²) in [7, 11) is 0. The summed E-state index contributed by atoms with van der Waals surface area (Å²) >= 11 is 0. The highest BCUT2D eigenvalue weighted by Crippen LogP contribution is 2.13. The fourth-order valence-corrected chi connectivity index (χ4v) is 1.37. The first-order valence-corrected chi connectivity index (χ1v) is 5.53. The lowest BCUT2D eigenvalue weighted by Gasteiger charge is -2.03. The predicted octanol–water partition coefficient (Wildman–Crippen LogP) is 4.70. The summed E-state index contributed by atoms with van der Waals surface area (Å²) in [5.74, 6) is 0. The molecular weight excluding hydrogens is 144 g/mol. The third-order valence-corrected chi connectivity index (χ3v) is 2.28. The minimum Gasteiger partial charge on any atom is -0.0854 e. The number of rotatable bonds is 7. The van der Waals surface area contributed by atoms with E-state index in [1.165, 1.54) is 44.9 Å². The molecule has 0 heteroatoms. The van der Waals surface area contributed by atoms with Crippen LogP contribution in [0.3, 0.4) is 0 Å². The Morgan fingerprint density at radius 2 is 1.75 bits per heavy atom. The maximum Gasteiger partial charge on any atom is -0.0320 e. The van der Waals surface area contributed by atoms with Crippen LogP contribution in [0.15, 0.2) is 11.6 Å². The van der Waals surface area contributed by atoms with Gasteiger partial charge in [0.05, 0.1) is 0 Å². The van der Waals surface area contributed by atoms with Crippen molar-refractivity contribution in [3.8, 4) is 0 Å². The van der Waals surface area contributed by atoms with Crippen molar-refractivity contribution in [1.82, 2.24) is 0 Å². The van der Waals surface area contributed by atoms with Crippen LogP contribution in [-0.2, 0) is 0 Å². The molecule has 0 atom stereocenters. The molecule has 0 aliphatic rings. The molecule has 0 aliphatic heterocycles. The van der Waals surface area contributed by atoms with Crippen LogP contribution >= 0.6 is 0 Å². The van der Waals surface area contributed by atoms with Gasteiger partial charge in [-0.3, -0.25) is 0 Å². The maximum atomic E-state index is 2.44. The van der Waals surface area contributed by atoms with Crippen molar-refractivity contribution in [2.24, 2.45) is 0 Å². The van der Waals surface area contributed by atoms with Gasteiger partial charge in [-0.25, -0.2) is 0 Å². The third kappa shape index (κ3) is 6.45. The topological polar surface area (TPSA) is 0 Å². The monoisotopic (exact) mass is 168 g/mol. The first-order valence-electron chi connectivity index (χ1n) is 5.53. The van der Waals surface area contributed by atoms with Gasteiger partial charge in [-0.15, -0.1) is 0 Å². The van der Waals surface area contributed by atoms with Crippen molar-refractivity contribution in [3.05, 3.63) is 11.6 Å². The van der Waals surface area contributed by atoms with Crippen molar-refractivity contribution >= 4 is 0 Å². The Hall–Kier alpha value is -0.260. The molecule has 0 aliphatic carbocycles. The van der Waals surface area contributed by atoms with E-state index in [4.69, 9.17) is 0 Å². The molecule has 0 amide bonds. The molecule has 0 aromatic rings. The van der Waals surface area contributed by atoms with Gasteiger partial charge in [0, 0.05) is 0 Å². The SMILES string of the molecule is CCCC=C(CC)CCCCC. The van der Waals surface area contributed by atoms with E-state index in [1.54, 1.807) is 5.57 Å². The van der Waals surface area contributed by atoms with Crippen LogP contribution in [0.2, 0.25) is 0 Å². The second-order valence-electron chi connectivity index (χ2n) is 3.46. The molecule has 0 aromatic heterocycles. The van der Waals surface area contributed by atoms with Gasteiger partial charge in [0.2, 0.25) is 0 Å². The molecule has 0 fully saturated rings. The summed E-state index contributed by atoms with van der Waals surface area (Å²) < 4.78 is 0. The fraction of sp³-hybridized carbons (Fsp3) is 0.833. The van der Waals surface area contributed by atoms with Gasteiger partial charge in [-0.1, -0.05) is 51.7 Å². The molecule has 72 valence electrons. The van der Waals surface area contributed by atoms with E-state index in [1.807, 2.05) is 0 Å². The quantitative estimate of drug-likeness (QED) is 0.382. The fourth-order valence-electron chi connectivity index (χ4n) is 1.37. The Balaban J connectivity index is 3.52. The van der Waals surface area contributed by atoms with E-state index in [0.717, 1.165) is 0 Å². The van der Waals surface area contributed by atoms with Crippen LogP contribution in [0, 0.1) is 0 Å². The highest BCUT2D eigenvalue weighted by molar-refractivity contribution is 5.00. The molecule has 0 rings (SSSR count). The zero-order valence-corrected chi connectivity index (χ0v) is 9.03. The van der Waals surface area contributed by atoms with Gasteiger partial charge >= 0.3 is 0 Å². The first kappa shape index (κ1) is 11.7. The maximum absolute atomic E-state index is 2.44. The summed E-state index contributed by atoms with van der Waals surface area (Å²) in [6, 6.07) is 0. The Morgan fingerprint density at radius 3 is 2.25 bits per heavy atom. The Bertz CT molecular complexity index is 111. The van der Waals surface area contributed by atoms with E-state index in [2.05, 4.69) is 26.8 Å². The van der Waals surface area contributed by atoms with Gasteiger partial charge in [0.15, 0.2) is 0 Å². The number of hydrogen-bond donors (Lipinski definition) is 0. The van der Waals surface area contributed by atoms with Crippen LogP contribution in [-0.4, -0.2) is 0 Å². The zero-order chi connectivity index (χ0) is 9.23. The standard InChI is InChI=1S/C12H24/c1-4-7-9-11-12(6-3)10-8-5-2/h10H,4-9,11H2,1-3H3. The molecule has 12 heavy (non-hydrogen) atoms. The molecule has 0 unspecified atom stereocenters. The van der Waals surface area contributed by atoms with Crippen LogP contribution < -0.4 is 0 Å². The molecule has 0 saturated carbocycles. The van der Waals surface area contributed by atoms with Crippen molar-refractivity contribution in [2.45, 2.75) is 65.7 Å². The van der Waals surface area contributed by atoms with Crippen molar-refractivity contribution in [3.63, 3.8) is 0 Å². The van der Waals surface area contributed by atoms with Gasteiger partial charge in [0.25, 0.3) is 0 Å². The molecule has 0 N–H and O–H groups in total. The second-order valence-corrected chi connectivity index (χ2v) is 3.46. The second kappa shape index (κ2) is 8.83. The lowest BCUT2D eigenvalue weighted by Crippen LogP contribution is -1.83. The Kier molecular flexibility index (Phi) is 8.64. The molecule has 0 aromatic carbocycles. The van der Waals surface area contributed by atoms with Crippen LogP contribution in [0.25, 0.3) is 0 Å². The first-order chi connectivity index (χ1) is 5.85. The van der Waals surface area contributed by atoms with E-state index < -0.39 is 0 Å². The summed E-state index contributed by atoms with van der Waals surface area (Å²) in [6.45, 7) is 6.78. The summed E-state index contributed by atoms with van der Waals surface area (Å²) in [5.41, 5.74) is 1.67. The van der Waals surface area contributed by atoms with Crippen LogP contribution in [0.4, 0.5) is 0 Å². The largest absolute Gasteiger partial charge is 0.0854 e. The van der Waals surface area contributed by atoms with E-state index >= 15 is 0 Å².